The molecule has 0 spiro atoms. The summed E-state index contributed by atoms with van der Waals surface area (Å²) in [7, 11) is 0. The third-order valence-electron chi connectivity index (χ3n) is 6.61. The number of rotatable bonds is 10. The largest absolute Gasteiger partial charge is 0.332 e. The van der Waals surface area contributed by atoms with E-state index in [1.54, 1.807) is 34.4 Å². The third kappa shape index (κ3) is 8.36. The number of carbonyl (C=O) groups excluding carboxylic acids is 2. The summed E-state index contributed by atoms with van der Waals surface area (Å²) in [6.07, 6.45) is 3.46. The van der Waals surface area contributed by atoms with E-state index >= 15 is 0 Å². The summed E-state index contributed by atoms with van der Waals surface area (Å²) < 4.78 is 27.2. The van der Waals surface area contributed by atoms with Gasteiger partial charge in [0.2, 0.25) is 5.91 Å². The van der Waals surface area contributed by atoms with Gasteiger partial charge in [0.05, 0.1) is 6.54 Å². The van der Waals surface area contributed by atoms with Crippen molar-refractivity contribution in [1.29, 1.82) is 0 Å². The molecular formula is C29H34F2N4O2S. The van der Waals surface area contributed by atoms with E-state index in [0.717, 1.165) is 41.2 Å². The van der Waals surface area contributed by atoms with E-state index in [9.17, 15) is 18.4 Å². The van der Waals surface area contributed by atoms with Crippen LogP contribution in [0.25, 0.3) is 0 Å². The summed E-state index contributed by atoms with van der Waals surface area (Å²) in [6.45, 7) is 5.55. The van der Waals surface area contributed by atoms with Gasteiger partial charge in [-0.2, -0.15) is 0 Å². The number of benzene rings is 2. The fourth-order valence-electron chi connectivity index (χ4n) is 4.53. The SMILES string of the molecule is Cc1ccc(CN(Cc2ccc(F)cc2)C(=O)CN(CCN2CCCCC2)C(=O)Nc2cccc(F)c2)s1. The molecule has 1 aliphatic heterocycles. The van der Waals surface area contributed by atoms with Gasteiger partial charge in [-0.15, -0.1) is 11.3 Å². The van der Waals surface area contributed by atoms with Crippen LogP contribution >= 0.6 is 11.3 Å². The highest BCUT2D eigenvalue weighted by molar-refractivity contribution is 7.11. The smallest absolute Gasteiger partial charge is 0.322 e. The van der Waals surface area contributed by atoms with Gasteiger partial charge in [0, 0.05) is 35.1 Å². The molecule has 6 nitrogen and oxygen atoms in total. The zero-order valence-electron chi connectivity index (χ0n) is 21.7. The molecule has 0 atom stereocenters. The second-order valence-electron chi connectivity index (χ2n) is 9.65. The zero-order valence-corrected chi connectivity index (χ0v) is 22.5. The van der Waals surface area contributed by atoms with Crippen molar-refractivity contribution in [3.63, 3.8) is 0 Å². The van der Waals surface area contributed by atoms with Crippen LogP contribution in [0.1, 0.15) is 34.6 Å². The molecule has 4 rings (SSSR count). The fourth-order valence-corrected chi connectivity index (χ4v) is 5.44. The number of likely N-dealkylation sites (tertiary alicyclic amines) is 1. The molecule has 1 saturated heterocycles. The normalized spacial score (nSPS) is 13.8. The monoisotopic (exact) mass is 540 g/mol. The average Bonchev–Trinajstić information content (AvgIpc) is 3.32. The quantitative estimate of drug-likeness (QED) is 0.349. The van der Waals surface area contributed by atoms with Crippen molar-refractivity contribution in [2.75, 3.05) is 38.0 Å². The molecule has 0 saturated carbocycles. The van der Waals surface area contributed by atoms with Gasteiger partial charge in [-0.05, 0) is 80.9 Å². The minimum absolute atomic E-state index is 0.124. The fraction of sp³-hybridized carbons (Fsp3) is 0.379. The van der Waals surface area contributed by atoms with Crippen LogP contribution in [-0.2, 0) is 17.9 Å². The van der Waals surface area contributed by atoms with E-state index in [1.165, 1.54) is 41.7 Å². The number of anilines is 1. The number of urea groups is 1. The van der Waals surface area contributed by atoms with Gasteiger partial charge in [-0.1, -0.05) is 24.6 Å². The lowest BCUT2D eigenvalue weighted by Crippen LogP contribution is -2.47. The predicted molar refractivity (Wildman–Crippen MR) is 147 cm³/mol. The Hall–Kier alpha value is -3.30. The molecule has 1 N–H and O–H groups in total. The Balaban J connectivity index is 1.50. The Labute approximate surface area is 226 Å². The average molecular weight is 541 g/mol. The van der Waals surface area contributed by atoms with Gasteiger partial charge in [-0.3, -0.25) is 4.79 Å². The van der Waals surface area contributed by atoms with Crippen molar-refractivity contribution in [2.24, 2.45) is 0 Å². The molecule has 0 aliphatic carbocycles. The Morgan fingerprint density at radius 2 is 1.68 bits per heavy atom. The maximum Gasteiger partial charge on any atom is 0.322 e. The Morgan fingerprint density at radius 1 is 0.921 bits per heavy atom. The first-order chi connectivity index (χ1) is 18.4. The number of hydrogen-bond donors (Lipinski definition) is 1. The molecule has 3 aromatic rings. The van der Waals surface area contributed by atoms with Crippen LogP contribution in [0.2, 0.25) is 0 Å². The molecule has 2 heterocycles. The summed E-state index contributed by atoms with van der Waals surface area (Å²) in [5, 5.41) is 2.74. The number of nitrogens with one attached hydrogen (secondary N) is 1. The van der Waals surface area contributed by atoms with Crippen LogP contribution < -0.4 is 5.32 Å². The first-order valence-corrected chi connectivity index (χ1v) is 13.8. The number of hydrogen-bond acceptors (Lipinski definition) is 4. The van der Waals surface area contributed by atoms with E-state index in [2.05, 4.69) is 10.2 Å². The van der Waals surface area contributed by atoms with Crippen LogP contribution in [0.5, 0.6) is 0 Å². The number of carbonyl (C=O) groups is 2. The Bertz CT molecular complexity index is 1210. The number of piperidine rings is 1. The van der Waals surface area contributed by atoms with Gasteiger partial charge in [0.15, 0.2) is 0 Å². The number of amides is 3. The van der Waals surface area contributed by atoms with Crippen LogP contribution in [0, 0.1) is 18.6 Å². The molecule has 1 aliphatic rings. The van der Waals surface area contributed by atoms with Crippen LogP contribution in [0.4, 0.5) is 19.3 Å². The lowest BCUT2D eigenvalue weighted by atomic mass is 10.1. The first-order valence-electron chi connectivity index (χ1n) is 13.0. The minimum atomic E-state index is -0.449. The van der Waals surface area contributed by atoms with E-state index in [4.69, 9.17) is 0 Å². The minimum Gasteiger partial charge on any atom is -0.332 e. The van der Waals surface area contributed by atoms with Crippen LogP contribution in [-0.4, -0.2) is 59.4 Å². The van der Waals surface area contributed by atoms with E-state index < -0.39 is 11.8 Å². The van der Waals surface area contributed by atoms with Crippen molar-refractivity contribution in [3.05, 3.63) is 87.6 Å². The first kappa shape index (κ1) is 27.7. The molecule has 3 amide bonds. The summed E-state index contributed by atoms with van der Waals surface area (Å²) in [4.78, 5) is 34.6. The van der Waals surface area contributed by atoms with Crippen molar-refractivity contribution in [2.45, 2.75) is 39.3 Å². The topological polar surface area (TPSA) is 55.9 Å². The number of halogens is 2. The summed E-state index contributed by atoms with van der Waals surface area (Å²) in [5.74, 6) is -0.998. The maximum absolute atomic E-state index is 13.7. The van der Waals surface area contributed by atoms with E-state index in [1.807, 2.05) is 19.1 Å². The lowest BCUT2D eigenvalue weighted by Gasteiger charge is -2.31. The van der Waals surface area contributed by atoms with Gasteiger partial charge in [-0.25, -0.2) is 13.6 Å². The third-order valence-corrected chi connectivity index (χ3v) is 7.59. The molecule has 1 aromatic heterocycles. The molecule has 0 radical (unpaired) electrons. The zero-order chi connectivity index (χ0) is 26.9. The second kappa shape index (κ2) is 13.5. The van der Waals surface area contributed by atoms with Crippen LogP contribution in [0.3, 0.4) is 0 Å². The summed E-state index contributed by atoms with van der Waals surface area (Å²) in [5.41, 5.74) is 1.14. The van der Waals surface area contributed by atoms with Gasteiger partial charge >= 0.3 is 6.03 Å². The van der Waals surface area contributed by atoms with E-state index in [0.29, 0.717) is 31.9 Å². The predicted octanol–water partition coefficient (Wildman–Crippen LogP) is 5.88. The molecular weight excluding hydrogens is 506 g/mol. The van der Waals surface area contributed by atoms with Gasteiger partial charge in [0.1, 0.15) is 18.2 Å². The molecule has 0 unspecified atom stereocenters. The van der Waals surface area contributed by atoms with Gasteiger partial charge < -0.3 is 20.0 Å². The molecule has 202 valence electrons. The number of nitrogens with zero attached hydrogens (tertiary/aromatic N) is 3. The molecule has 1 fully saturated rings. The highest BCUT2D eigenvalue weighted by atomic mass is 32.1. The van der Waals surface area contributed by atoms with Gasteiger partial charge in [0.25, 0.3) is 0 Å². The molecule has 9 heteroatoms. The summed E-state index contributed by atoms with van der Waals surface area (Å²) >= 11 is 1.61. The molecule has 38 heavy (non-hydrogen) atoms. The highest BCUT2D eigenvalue weighted by Crippen LogP contribution is 2.20. The van der Waals surface area contributed by atoms with Crippen LogP contribution in [0.15, 0.2) is 60.7 Å². The van der Waals surface area contributed by atoms with E-state index in [-0.39, 0.29) is 18.3 Å². The van der Waals surface area contributed by atoms with Crippen molar-refractivity contribution < 1.29 is 18.4 Å². The summed E-state index contributed by atoms with van der Waals surface area (Å²) in [6, 6.07) is 15.4. The van der Waals surface area contributed by atoms with Crippen molar-refractivity contribution in [3.8, 4) is 0 Å². The van der Waals surface area contributed by atoms with Crippen molar-refractivity contribution >= 4 is 29.0 Å². The standard InChI is InChI=1S/C29H34F2N4O2S/c1-22-8-13-27(38-22)20-35(19-23-9-11-24(30)12-10-23)28(36)21-34(17-16-33-14-3-2-4-15-33)29(37)32-26-7-5-6-25(31)18-26/h5-13,18H,2-4,14-17,19-21H2,1H3,(H,32,37). The molecule has 2 aromatic carbocycles. The number of aryl methyl sites for hydroxylation is 1. The highest BCUT2D eigenvalue weighted by Gasteiger charge is 2.24. The Kier molecular flexibility index (Phi) is 9.84. The second-order valence-corrected chi connectivity index (χ2v) is 11.0. The number of thiophene rings is 1. The van der Waals surface area contributed by atoms with Crippen molar-refractivity contribution in [1.82, 2.24) is 14.7 Å². The maximum atomic E-state index is 13.7. The molecule has 0 bridgehead atoms. The Morgan fingerprint density at radius 3 is 2.37 bits per heavy atom. The lowest BCUT2D eigenvalue weighted by molar-refractivity contribution is -0.133.